The van der Waals surface area contributed by atoms with Gasteiger partial charge in [0, 0.05) is 6.04 Å². The molecule has 1 saturated heterocycles. The van der Waals surface area contributed by atoms with Gasteiger partial charge in [-0.25, -0.2) is 0 Å². The fourth-order valence-corrected chi connectivity index (χ4v) is 3.65. The van der Waals surface area contributed by atoms with Crippen LogP contribution in [0, 0.1) is 5.41 Å². The van der Waals surface area contributed by atoms with E-state index in [1.165, 1.54) is 19.3 Å². The van der Waals surface area contributed by atoms with E-state index >= 15 is 0 Å². The summed E-state index contributed by atoms with van der Waals surface area (Å²) in [4.78, 5) is 14.0. The Kier molecular flexibility index (Phi) is 3.53. The highest BCUT2D eigenvalue weighted by Gasteiger charge is 2.48. The third kappa shape index (κ3) is 1.97. The number of nitrogens with zero attached hydrogens (tertiary/aromatic N) is 1. The number of carboxylic acids is 1. The van der Waals surface area contributed by atoms with Crippen molar-refractivity contribution in [2.24, 2.45) is 5.41 Å². The van der Waals surface area contributed by atoms with E-state index in [2.05, 4.69) is 11.9 Å². The van der Waals surface area contributed by atoms with Crippen LogP contribution in [-0.4, -0.2) is 35.6 Å². The second-order valence-corrected chi connectivity index (χ2v) is 5.51. The highest BCUT2D eigenvalue weighted by molar-refractivity contribution is 5.75. The van der Waals surface area contributed by atoms with Gasteiger partial charge in [-0.1, -0.05) is 25.7 Å². The van der Waals surface area contributed by atoms with Gasteiger partial charge < -0.3 is 10.0 Å². The zero-order chi connectivity index (χ0) is 11.6. The lowest BCUT2D eigenvalue weighted by molar-refractivity contribution is -0.157. The average Bonchev–Trinajstić information content (AvgIpc) is 2.30. The van der Waals surface area contributed by atoms with E-state index in [0.29, 0.717) is 0 Å². The lowest BCUT2D eigenvalue weighted by Crippen LogP contribution is -2.53. The van der Waals surface area contributed by atoms with Crippen molar-refractivity contribution in [3.05, 3.63) is 0 Å². The van der Waals surface area contributed by atoms with Crippen LogP contribution in [0.2, 0.25) is 0 Å². The Bertz CT molecular complexity index is 259. The summed E-state index contributed by atoms with van der Waals surface area (Å²) in [7, 11) is 2.10. The van der Waals surface area contributed by atoms with Gasteiger partial charge in [0.25, 0.3) is 0 Å². The van der Waals surface area contributed by atoms with Crippen molar-refractivity contribution in [3.8, 4) is 0 Å². The number of carbonyl (C=O) groups is 1. The Balaban J connectivity index is 2.19. The lowest BCUT2D eigenvalue weighted by atomic mass is 9.66. The molecule has 0 aromatic rings. The summed E-state index contributed by atoms with van der Waals surface area (Å²) in [5, 5.41) is 9.63. The molecule has 0 bridgehead atoms. The summed E-state index contributed by atoms with van der Waals surface area (Å²) in [6.45, 7) is 1.07. The molecule has 2 rings (SSSR count). The van der Waals surface area contributed by atoms with Crippen LogP contribution in [0.5, 0.6) is 0 Å². The topological polar surface area (TPSA) is 40.5 Å². The summed E-state index contributed by atoms with van der Waals surface area (Å²) in [5.41, 5.74) is -0.437. The van der Waals surface area contributed by atoms with Crippen molar-refractivity contribution >= 4 is 5.97 Å². The number of aliphatic carboxylic acids is 1. The van der Waals surface area contributed by atoms with Crippen LogP contribution in [0.1, 0.15) is 51.4 Å². The van der Waals surface area contributed by atoms with Gasteiger partial charge in [0.1, 0.15) is 0 Å². The third-order valence-electron chi connectivity index (χ3n) is 4.58. The summed E-state index contributed by atoms with van der Waals surface area (Å²) < 4.78 is 0. The van der Waals surface area contributed by atoms with Crippen LogP contribution in [0.25, 0.3) is 0 Å². The number of likely N-dealkylation sites (tertiary alicyclic amines) is 1. The van der Waals surface area contributed by atoms with Crippen LogP contribution in [-0.2, 0) is 4.79 Å². The van der Waals surface area contributed by atoms with Crippen LogP contribution in [0.3, 0.4) is 0 Å². The molecule has 1 atom stereocenters. The first-order chi connectivity index (χ1) is 7.67. The normalized spacial score (nSPS) is 31.2. The molecule has 92 valence electrons. The van der Waals surface area contributed by atoms with E-state index in [9.17, 15) is 9.90 Å². The number of hydrogen-bond donors (Lipinski definition) is 1. The van der Waals surface area contributed by atoms with Crippen molar-refractivity contribution < 1.29 is 9.90 Å². The molecule has 2 fully saturated rings. The standard InChI is InChI=1S/C13H23NO2/c1-14-10-6-3-7-11(14)13(12(15)16)8-4-2-5-9-13/h11H,2-10H2,1H3,(H,15,16). The number of piperidine rings is 1. The van der Waals surface area contributed by atoms with Crippen molar-refractivity contribution in [2.75, 3.05) is 13.6 Å². The van der Waals surface area contributed by atoms with Crippen molar-refractivity contribution in [2.45, 2.75) is 57.4 Å². The summed E-state index contributed by atoms with van der Waals surface area (Å²) in [5.74, 6) is -0.550. The van der Waals surface area contributed by atoms with Crippen molar-refractivity contribution in [1.29, 1.82) is 0 Å². The first kappa shape index (κ1) is 11.9. The van der Waals surface area contributed by atoms with Crippen LogP contribution in [0.4, 0.5) is 0 Å². The Labute approximate surface area is 97.8 Å². The molecule has 2 aliphatic rings. The molecular weight excluding hydrogens is 202 g/mol. The number of hydrogen-bond acceptors (Lipinski definition) is 2. The van der Waals surface area contributed by atoms with Gasteiger partial charge in [-0.05, 0) is 39.3 Å². The van der Waals surface area contributed by atoms with Crippen LogP contribution < -0.4 is 0 Å². The quantitative estimate of drug-likeness (QED) is 0.785. The van der Waals surface area contributed by atoms with Gasteiger partial charge >= 0.3 is 5.97 Å². The second kappa shape index (κ2) is 4.74. The molecule has 3 heteroatoms. The molecule has 16 heavy (non-hydrogen) atoms. The van der Waals surface area contributed by atoms with Gasteiger partial charge in [-0.2, -0.15) is 0 Å². The minimum Gasteiger partial charge on any atom is -0.481 e. The van der Waals surface area contributed by atoms with Gasteiger partial charge in [0.15, 0.2) is 0 Å². The van der Waals surface area contributed by atoms with E-state index in [1.54, 1.807) is 0 Å². The molecule has 0 spiro atoms. The zero-order valence-electron chi connectivity index (χ0n) is 10.2. The number of carboxylic acid groups (broad SMARTS) is 1. The van der Waals surface area contributed by atoms with Gasteiger partial charge in [0.05, 0.1) is 5.41 Å². The molecular formula is C13H23NO2. The van der Waals surface area contributed by atoms with E-state index in [1.807, 2.05) is 0 Å². The fraction of sp³-hybridized carbons (Fsp3) is 0.923. The Morgan fingerprint density at radius 2 is 1.88 bits per heavy atom. The van der Waals surface area contributed by atoms with E-state index < -0.39 is 11.4 Å². The highest BCUT2D eigenvalue weighted by Crippen LogP contribution is 2.44. The Morgan fingerprint density at radius 3 is 2.44 bits per heavy atom. The first-order valence-corrected chi connectivity index (χ1v) is 6.60. The third-order valence-corrected chi connectivity index (χ3v) is 4.58. The SMILES string of the molecule is CN1CCCCC1C1(C(=O)O)CCCCC1. The van der Waals surface area contributed by atoms with Gasteiger partial charge in [-0.15, -0.1) is 0 Å². The Morgan fingerprint density at radius 1 is 1.19 bits per heavy atom. The smallest absolute Gasteiger partial charge is 0.311 e. The molecule has 0 aromatic carbocycles. The van der Waals surface area contributed by atoms with E-state index in [4.69, 9.17) is 0 Å². The average molecular weight is 225 g/mol. The molecule has 3 nitrogen and oxygen atoms in total. The predicted octanol–water partition coefficient (Wildman–Crippen LogP) is 2.51. The summed E-state index contributed by atoms with van der Waals surface area (Å²) in [6.07, 6.45) is 8.67. The molecule has 1 heterocycles. The largest absolute Gasteiger partial charge is 0.481 e. The minimum atomic E-state index is -0.550. The van der Waals surface area contributed by atoms with Crippen LogP contribution in [0.15, 0.2) is 0 Å². The molecule has 0 amide bonds. The molecule has 1 unspecified atom stereocenters. The van der Waals surface area contributed by atoms with E-state index in [-0.39, 0.29) is 6.04 Å². The second-order valence-electron chi connectivity index (χ2n) is 5.51. The van der Waals surface area contributed by atoms with Gasteiger partial charge in [0.2, 0.25) is 0 Å². The lowest BCUT2D eigenvalue weighted by Gasteiger charge is -2.46. The van der Waals surface area contributed by atoms with Gasteiger partial charge in [-0.3, -0.25) is 4.79 Å². The highest BCUT2D eigenvalue weighted by atomic mass is 16.4. The Hall–Kier alpha value is -0.570. The molecule has 0 aromatic heterocycles. The number of rotatable bonds is 2. The predicted molar refractivity (Wildman–Crippen MR) is 63.4 cm³/mol. The summed E-state index contributed by atoms with van der Waals surface area (Å²) in [6, 6.07) is 0.277. The van der Waals surface area contributed by atoms with Crippen molar-refractivity contribution in [1.82, 2.24) is 4.90 Å². The fourth-order valence-electron chi connectivity index (χ4n) is 3.65. The van der Waals surface area contributed by atoms with E-state index in [0.717, 1.165) is 38.6 Å². The molecule has 1 aliphatic carbocycles. The molecule has 0 radical (unpaired) electrons. The van der Waals surface area contributed by atoms with Crippen LogP contribution >= 0.6 is 0 Å². The molecule has 1 aliphatic heterocycles. The maximum absolute atomic E-state index is 11.7. The molecule has 1 N–H and O–H groups in total. The zero-order valence-corrected chi connectivity index (χ0v) is 10.2. The molecule has 1 saturated carbocycles. The van der Waals surface area contributed by atoms with Crippen molar-refractivity contribution in [3.63, 3.8) is 0 Å². The minimum absolute atomic E-state index is 0.277. The maximum Gasteiger partial charge on any atom is 0.311 e. The maximum atomic E-state index is 11.7. The first-order valence-electron chi connectivity index (χ1n) is 6.60. The summed E-state index contributed by atoms with van der Waals surface area (Å²) >= 11 is 0. The monoisotopic (exact) mass is 225 g/mol.